The summed E-state index contributed by atoms with van der Waals surface area (Å²) in [6.45, 7) is 53.0. The average Bonchev–Trinajstić information content (AvgIpc) is 0.836. The van der Waals surface area contributed by atoms with Gasteiger partial charge in [-0.2, -0.15) is 5.26 Å². The number of nitrogens with zero attached hydrogens (tertiary/aromatic N) is 2. The van der Waals surface area contributed by atoms with Crippen molar-refractivity contribution in [3.8, 4) is 11.8 Å². The third kappa shape index (κ3) is 30.7. The molecule has 0 amide bonds. The van der Waals surface area contributed by atoms with Crippen LogP contribution in [0.1, 0.15) is 237 Å². The molecule has 1 atom stereocenters. The Morgan fingerprint density at radius 3 is 1.14 bits per heavy atom. The molecule has 1 N–H and O–H groups in total. The Labute approximate surface area is 574 Å². The lowest BCUT2D eigenvalue weighted by atomic mass is 9.82. The van der Waals surface area contributed by atoms with Crippen molar-refractivity contribution in [2.45, 2.75) is 226 Å². The van der Waals surface area contributed by atoms with Crippen molar-refractivity contribution in [1.29, 1.82) is 5.26 Å². The van der Waals surface area contributed by atoms with E-state index in [9.17, 15) is 17.4 Å². The van der Waals surface area contributed by atoms with Gasteiger partial charge in [-0.3, -0.25) is 4.21 Å². The maximum Gasteiger partial charge on any atom is 0.335 e. The number of methoxy groups -OCH3 is 2. The van der Waals surface area contributed by atoms with Gasteiger partial charge in [-0.25, -0.2) is 13.2 Å². The predicted molar refractivity (Wildman–Crippen MR) is 404 cm³/mol. The molecule has 1 unspecified atom stereocenters. The molecule has 0 radical (unpaired) electrons. The van der Waals surface area contributed by atoms with E-state index < -0.39 is 26.6 Å². The second kappa shape index (κ2) is 36.3. The van der Waals surface area contributed by atoms with Crippen LogP contribution in [0, 0.1) is 18.3 Å². The van der Waals surface area contributed by atoms with Crippen molar-refractivity contribution in [3.05, 3.63) is 224 Å². The standard InChI is InChI=1S/C15H24O.C12H19N.C12H18O.C11H13N.C11H16O2S.C11H14O2.C11H16OS/c1-10(2)12-9-13(15(4,5)6)11(3)8-14(12)16-7;1-12(2,3)10-6-8-11(9-7-10)13(4)5;1-12(2,3)11-7-5-10(6-8-11)9-13-4;1-11(2,3)10-6-4-9(8-12)5-7-10;1-11(2,3)9-5-7-10(8-6-9)14(4,12)13;1-11(2,3)9-6-4-8(5-7-9)10(12)13;1-11(2,3)9-5-7-10(8-6-9)13(4)12/h8-10H,1-7H3;6-9H,1-5H3;5-8H,9H2,1-4H3;4-7H,1-3H3;5-8H,1-4H3;4-7H,1-3H3,(H,12,13);5-8H,1-4H3. The Bertz CT molecular complexity index is 3500. The number of rotatable bonds is 8. The zero-order chi connectivity index (χ0) is 72.8. The summed E-state index contributed by atoms with van der Waals surface area (Å²) < 4.78 is 44.0. The second-order valence-electron chi connectivity index (χ2n) is 31.7. The Morgan fingerprint density at radius 2 is 0.862 bits per heavy atom. The number of sulfone groups is 1. The number of hydrogen-bond acceptors (Lipinski definition) is 8. The summed E-state index contributed by atoms with van der Waals surface area (Å²) in [7, 11) is 3.66. The highest BCUT2D eigenvalue weighted by atomic mass is 32.2. The van der Waals surface area contributed by atoms with Crippen LogP contribution in [0.3, 0.4) is 0 Å². The lowest BCUT2D eigenvalue weighted by Crippen LogP contribution is -2.14. The normalized spacial score (nSPS) is 12.1. The summed E-state index contributed by atoms with van der Waals surface area (Å²) in [4.78, 5) is 14.0. The van der Waals surface area contributed by atoms with Gasteiger partial charge in [0, 0.05) is 55.1 Å². The fourth-order valence-corrected chi connectivity index (χ4v) is 10.3. The van der Waals surface area contributed by atoms with Crippen LogP contribution in [-0.2, 0) is 69.9 Å². The number of benzene rings is 7. The smallest absolute Gasteiger partial charge is 0.335 e. The van der Waals surface area contributed by atoms with Gasteiger partial charge in [-0.1, -0.05) is 250 Å². The molecule has 7 aromatic carbocycles. The lowest BCUT2D eigenvalue weighted by molar-refractivity contribution is 0.0696. The summed E-state index contributed by atoms with van der Waals surface area (Å²) >= 11 is 0. The van der Waals surface area contributed by atoms with Crippen molar-refractivity contribution >= 4 is 32.3 Å². The summed E-state index contributed by atoms with van der Waals surface area (Å²) in [6, 6.07) is 53.7. The number of anilines is 1. The minimum absolute atomic E-state index is 0.0655. The van der Waals surface area contributed by atoms with Gasteiger partial charge in [0.2, 0.25) is 0 Å². The number of aromatic carboxylic acids is 1. The van der Waals surface area contributed by atoms with Crippen molar-refractivity contribution in [1.82, 2.24) is 0 Å². The van der Waals surface area contributed by atoms with Crippen LogP contribution in [0.25, 0.3) is 0 Å². The lowest BCUT2D eigenvalue weighted by Gasteiger charge is -2.25. The van der Waals surface area contributed by atoms with E-state index in [1.54, 1.807) is 44.7 Å². The topological polar surface area (TPSA) is 134 Å². The van der Waals surface area contributed by atoms with Crippen molar-refractivity contribution in [2.75, 3.05) is 45.7 Å². The van der Waals surface area contributed by atoms with Gasteiger partial charge in [0.1, 0.15) is 5.75 Å². The van der Waals surface area contributed by atoms with Gasteiger partial charge in [-0.05, 0) is 173 Å². The molecule has 0 bridgehead atoms. The maximum absolute atomic E-state index is 11.2. The fraction of sp³-hybridized carbons (Fsp3) is 0.470. The van der Waals surface area contributed by atoms with Gasteiger partial charge in [0.05, 0.1) is 35.8 Å². The molecule has 0 saturated heterocycles. The SMILES string of the molecule is CC(C)(C)c1ccc(C#N)cc1.CC(C)(C)c1ccc(C(=O)O)cc1.CC(C)(C)c1ccc(S(C)(=O)=O)cc1.CN(C)c1ccc(C(C)(C)C)cc1.COCc1ccc(C(C)(C)C)cc1.COc1cc(C)c(C(C)(C)C)cc1C(C)C.CS(=O)c1ccc(C(C)(C)C)cc1. The number of carbonyl (C=O) groups is 1. The first-order valence-corrected chi connectivity index (χ1v) is 35.9. The molecule has 94 heavy (non-hydrogen) atoms. The fourth-order valence-electron chi connectivity index (χ4n) is 9.17. The van der Waals surface area contributed by atoms with Crippen molar-refractivity contribution in [2.24, 2.45) is 0 Å². The molecule has 7 rings (SSSR count). The molecule has 0 spiro atoms. The molecular formula is C83H120N2O7S2. The van der Waals surface area contributed by atoms with E-state index in [0.717, 1.165) is 27.3 Å². The van der Waals surface area contributed by atoms with Gasteiger partial charge in [-0.15, -0.1) is 0 Å². The molecule has 0 fully saturated rings. The first-order valence-electron chi connectivity index (χ1n) is 32.4. The molecular weight excluding hydrogens is 1200 g/mol. The Balaban J connectivity index is 0.000000549. The molecule has 0 heterocycles. The third-order valence-corrected chi connectivity index (χ3v) is 17.5. The molecule has 7 aromatic rings. The number of carboxylic acids is 1. The number of carboxylic acid groups (broad SMARTS) is 1. The van der Waals surface area contributed by atoms with E-state index in [0.29, 0.717) is 23.0 Å². The summed E-state index contributed by atoms with van der Waals surface area (Å²) in [5.74, 6) is 0.637. The highest BCUT2D eigenvalue weighted by Gasteiger charge is 2.21. The molecule has 0 aromatic heterocycles. The highest BCUT2D eigenvalue weighted by molar-refractivity contribution is 7.90. The first kappa shape index (κ1) is 85.2. The van der Waals surface area contributed by atoms with Crippen LogP contribution in [0.15, 0.2) is 168 Å². The van der Waals surface area contributed by atoms with Crippen molar-refractivity contribution in [3.63, 3.8) is 0 Å². The molecule has 0 aliphatic heterocycles. The van der Waals surface area contributed by atoms with Crippen molar-refractivity contribution < 1.29 is 32.0 Å². The number of nitriles is 1. The Hall–Kier alpha value is -6.84. The molecule has 0 saturated carbocycles. The van der Waals surface area contributed by atoms with E-state index in [4.69, 9.17) is 19.8 Å². The van der Waals surface area contributed by atoms with Crippen LogP contribution < -0.4 is 9.64 Å². The quantitative estimate of drug-likeness (QED) is 0.158. The zero-order valence-electron chi connectivity index (χ0n) is 63.4. The van der Waals surface area contributed by atoms with Crippen LogP contribution in [0.5, 0.6) is 5.75 Å². The van der Waals surface area contributed by atoms with Crippen LogP contribution in [0.2, 0.25) is 0 Å². The highest BCUT2D eigenvalue weighted by Crippen LogP contribution is 2.35. The number of ether oxygens (including phenoxy) is 2. The Morgan fingerprint density at radius 1 is 0.532 bits per heavy atom. The van der Waals surface area contributed by atoms with E-state index in [2.05, 4.69) is 264 Å². The van der Waals surface area contributed by atoms with Crippen LogP contribution in [0.4, 0.5) is 5.69 Å². The van der Waals surface area contributed by atoms with E-state index in [1.165, 1.54) is 56.5 Å². The number of aryl methyl sites for hydroxylation is 1. The van der Waals surface area contributed by atoms with Crippen LogP contribution in [-0.4, -0.2) is 64.5 Å². The molecule has 516 valence electrons. The van der Waals surface area contributed by atoms with Crippen LogP contribution >= 0.6 is 0 Å². The largest absolute Gasteiger partial charge is 0.496 e. The van der Waals surface area contributed by atoms with E-state index in [-0.39, 0.29) is 37.9 Å². The van der Waals surface area contributed by atoms with Gasteiger partial charge in [0.25, 0.3) is 0 Å². The maximum atomic E-state index is 11.2. The van der Waals surface area contributed by atoms with Gasteiger partial charge >= 0.3 is 5.97 Å². The number of hydrogen-bond donors (Lipinski definition) is 1. The second-order valence-corrected chi connectivity index (χ2v) is 35.1. The first-order chi connectivity index (χ1) is 42.8. The molecule has 11 heteroatoms. The van der Waals surface area contributed by atoms with E-state index in [1.807, 2.05) is 60.7 Å². The van der Waals surface area contributed by atoms with Gasteiger partial charge < -0.3 is 19.5 Å². The summed E-state index contributed by atoms with van der Waals surface area (Å²) in [6.07, 6.45) is 2.92. The summed E-state index contributed by atoms with van der Waals surface area (Å²) in [5.41, 5.74) is 16.4. The van der Waals surface area contributed by atoms with E-state index >= 15 is 0 Å². The molecule has 0 aliphatic carbocycles. The Kier molecular flexibility index (Phi) is 32.9. The third-order valence-electron chi connectivity index (χ3n) is 15.5. The molecule has 0 aliphatic rings. The molecule has 9 nitrogen and oxygen atoms in total. The zero-order valence-corrected chi connectivity index (χ0v) is 65.0. The minimum Gasteiger partial charge on any atom is -0.496 e. The monoisotopic (exact) mass is 1320 g/mol. The summed E-state index contributed by atoms with van der Waals surface area (Å²) in [5, 5.41) is 17.3. The predicted octanol–water partition coefficient (Wildman–Crippen LogP) is 21.3. The average molecular weight is 1320 g/mol. The van der Waals surface area contributed by atoms with Gasteiger partial charge in [0.15, 0.2) is 9.84 Å². The minimum atomic E-state index is -3.07.